The predicted molar refractivity (Wildman–Crippen MR) is 91.7 cm³/mol. The van der Waals surface area contributed by atoms with Gasteiger partial charge < -0.3 is 20.7 Å². The zero-order valence-corrected chi connectivity index (χ0v) is 13.8. The number of guanidine groups is 1. The first-order chi connectivity index (χ1) is 11.7. The molecule has 1 aliphatic rings. The molecule has 2 rings (SSSR count). The van der Waals surface area contributed by atoms with Crippen molar-refractivity contribution in [2.24, 2.45) is 4.99 Å². The maximum absolute atomic E-state index is 13.1. The van der Waals surface area contributed by atoms with Gasteiger partial charge in [-0.3, -0.25) is 14.7 Å². The number of amides is 1. The van der Waals surface area contributed by atoms with Gasteiger partial charge in [0, 0.05) is 38.9 Å². The van der Waals surface area contributed by atoms with Crippen LogP contribution in [-0.2, 0) is 9.53 Å². The highest BCUT2D eigenvalue weighted by Gasteiger charge is 2.10. The summed E-state index contributed by atoms with van der Waals surface area (Å²) in [6.07, 6.45) is 0. The predicted octanol–water partition coefficient (Wildman–Crippen LogP) is 0.261. The van der Waals surface area contributed by atoms with Crippen LogP contribution in [0.3, 0.4) is 0 Å². The molecular formula is C16H24FN5O2. The van der Waals surface area contributed by atoms with Crippen LogP contribution in [0.15, 0.2) is 29.3 Å². The molecule has 24 heavy (non-hydrogen) atoms. The van der Waals surface area contributed by atoms with Gasteiger partial charge in [0.25, 0.3) is 0 Å². The molecule has 0 atom stereocenters. The lowest BCUT2D eigenvalue weighted by molar-refractivity contribution is -0.115. The van der Waals surface area contributed by atoms with Crippen LogP contribution in [-0.4, -0.2) is 69.8 Å². The summed E-state index contributed by atoms with van der Waals surface area (Å²) in [4.78, 5) is 18.2. The first-order valence-electron chi connectivity index (χ1n) is 7.97. The summed E-state index contributed by atoms with van der Waals surface area (Å²) < 4.78 is 18.4. The van der Waals surface area contributed by atoms with E-state index in [-0.39, 0.29) is 18.3 Å². The summed E-state index contributed by atoms with van der Waals surface area (Å²) in [5.41, 5.74) is 0.428. The monoisotopic (exact) mass is 337 g/mol. The molecule has 0 unspecified atom stereocenters. The summed E-state index contributed by atoms with van der Waals surface area (Å²) in [5.74, 6) is -0.101. The number of rotatable bonds is 6. The molecule has 8 heteroatoms. The Bertz CT molecular complexity index is 561. The Morgan fingerprint density at radius 1 is 1.33 bits per heavy atom. The highest BCUT2D eigenvalue weighted by atomic mass is 19.1. The molecule has 1 saturated heterocycles. The average Bonchev–Trinajstić information content (AvgIpc) is 2.59. The topological polar surface area (TPSA) is 78.0 Å². The molecule has 7 nitrogen and oxygen atoms in total. The molecule has 0 saturated carbocycles. The number of anilines is 1. The van der Waals surface area contributed by atoms with Crippen molar-refractivity contribution in [2.75, 3.05) is 58.3 Å². The fourth-order valence-electron chi connectivity index (χ4n) is 2.31. The number of morpholine rings is 1. The van der Waals surface area contributed by atoms with Gasteiger partial charge in [-0.2, -0.15) is 0 Å². The van der Waals surface area contributed by atoms with Gasteiger partial charge in [-0.05, 0) is 18.2 Å². The van der Waals surface area contributed by atoms with Crippen LogP contribution in [0, 0.1) is 5.82 Å². The zero-order chi connectivity index (χ0) is 17.2. The van der Waals surface area contributed by atoms with Gasteiger partial charge in [0.15, 0.2) is 5.96 Å². The molecule has 0 bridgehead atoms. The number of benzene rings is 1. The average molecular weight is 337 g/mol. The highest BCUT2D eigenvalue weighted by molar-refractivity contribution is 5.94. The minimum Gasteiger partial charge on any atom is -0.379 e. The summed E-state index contributed by atoms with van der Waals surface area (Å²) in [6, 6.07) is 5.78. The smallest absolute Gasteiger partial charge is 0.243 e. The number of nitrogens with zero attached hydrogens (tertiary/aromatic N) is 2. The number of ether oxygens (including phenoxy) is 1. The van der Waals surface area contributed by atoms with Crippen LogP contribution in [0.25, 0.3) is 0 Å². The molecule has 0 aliphatic carbocycles. The first-order valence-corrected chi connectivity index (χ1v) is 7.97. The van der Waals surface area contributed by atoms with Crippen LogP contribution in [0.5, 0.6) is 0 Å². The molecule has 1 fully saturated rings. The van der Waals surface area contributed by atoms with E-state index in [2.05, 4.69) is 25.8 Å². The van der Waals surface area contributed by atoms with Crippen LogP contribution in [0.4, 0.5) is 10.1 Å². The van der Waals surface area contributed by atoms with E-state index in [0.717, 1.165) is 39.4 Å². The quantitative estimate of drug-likeness (QED) is 0.513. The molecule has 1 heterocycles. The summed E-state index contributed by atoms with van der Waals surface area (Å²) in [6.45, 7) is 5.08. The number of halogens is 1. The third kappa shape index (κ3) is 6.51. The molecule has 1 amide bonds. The molecule has 1 aliphatic heterocycles. The molecule has 132 valence electrons. The number of carbonyl (C=O) groups excluding carboxylic acids is 1. The van der Waals surface area contributed by atoms with Gasteiger partial charge in [0.05, 0.1) is 19.8 Å². The highest BCUT2D eigenvalue weighted by Crippen LogP contribution is 2.08. The Labute approximate surface area is 141 Å². The minimum atomic E-state index is -0.388. The Morgan fingerprint density at radius 3 is 2.83 bits per heavy atom. The van der Waals surface area contributed by atoms with Gasteiger partial charge >= 0.3 is 0 Å². The molecular weight excluding hydrogens is 313 g/mol. The van der Waals surface area contributed by atoms with Crippen molar-refractivity contribution >= 4 is 17.6 Å². The fraction of sp³-hybridized carbons (Fsp3) is 0.500. The molecule has 1 aromatic carbocycles. The van der Waals surface area contributed by atoms with E-state index in [1.807, 2.05) is 0 Å². The third-order valence-corrected chi connectivity index (χ3v) is 3.57. The number of carbonyl (C=O) groups is 1. The summed E-state index contributed by atoms with van der Waals surface area (Å²) >= 11 is 0. The first kappa shape index (κ1) is 18.2. The van der Waals surface area contributed by atoms with Crippen LogP contribution < -0.4 is 16.0 Å². The number of hydrogen-bond acceptors (Lipinski definition) is 4. The Kier molecular flexibility index (Phi) is 7.44. The van der Waals surface area contributed by atoms with Crippen molar-refractivity contribution in [2.45, 2.75) is 0 Å². The van der Waals surface area contributed by atoms with Crippen molar-refractivity contribution in [3.63, 3.8) is 0 Å². The molecule has 3 N–H and O–H groups in total. The number of hydrogen-bond donors (Lipinski definition) is 3. The van der Waals surface area contributed by atoms with E-state index in [9.17, 15) is 9.18 Å². The Hall–Kier alpha value is -2.19. The van der Waals surface area contributed by atoms with Crippen molar-refractivity contribution in [1.29, 1.82) is 0 Å². The zero-order valence-electron chi connectivity index (χ0n) is 13.8. The minimum absolute atomic E-state index is 0.0493. The van der Waals surface area contributed by atoms with Gasteiger partial charge in [-0.15, -0.1) is 0 Å². The third-order valence-electron chi connectivity index (χ3n) is 3.57. The van der Waals surface area contributed by atoms with E-state index in [1.54, 1.807) is 19.2 Å². The fourth-order valence-corrected chi connectivity index (χ4v) is 2.31. The van der Waals surface area contributed by atoms with Gasteiger partial charge in [-0.1, -0.05) is 6.07 Å². The largest absolute Gasteiger partial charge is 0.379 e. The second kappa shape index (κ2) is 9.84. The van der Waals surface area contributed by atoms with Crippen molar-refractivity contribution < 1.29 is 13.9 Å². The number of aliphatic imine (C=N–C) groups is 1. The Balaban J connectivity index is 1.66. The second-order valence-corrected chi connectivity index (χ2v) is 5.37. The van der Waals surface area contributed by atoms with Gasteiger partial charge in [-0.25, -0.2) is 4.39 Å². The van der Waals surface area contributed by atoms with E-state index < -0.39 is 0 Å². The normalized spacial score (nSPS) is 15.8. The molecule has 0 radical (unpaired) electrons. The Morgan fingerprint density at radius 2 is 2.12 bits per heavy atom. The van der Waals surface area contributed by atoms with Gasteiger partial charge in [0.1, 0.15) is 5.82 Å². The summed E-state index contributed by atoms with van der Waals surface area (Å²) in [7, 11) is 1.65. The van der Waals surface area contributed by atoms with E-state index in [0.29, 0.717) is 11.6 Å². The van der Waals surface area contributed by atoms with E-state index in [4.69, 9.17) is 4.74 Å². The lowest BCUT2D eigenvalue weighted by atomic mass is 10.3. The van der Waals surface area contributed by atoms with Crippen molar-refractivity contribution in [3.8, 4) is 0 Å². The molecule has 1 aromatic rings. The van der Waals surface area contributed by atoms with Gasteiger partial charge in [0.2, 0.25) is 5.91 Å². The lowest BCUT2D eigenvalue weighted by Crippen LogP contribution is -2.45. The SMILES string of the molecule is CN=C(NCCN1CCOCC1)NCC(=O)Nc1cccc(F)c1. The van der Waals surface area contributed by atoms with E-state index in [1.165, 1.54) is 12.1 Å². The van der Waals surface area contributed by atoms with Crippen molar-refractivity contribution in [1.82, 2.24) is 15.5 Å². The summed E-state index contributed by atoms with van der Waals surface area (Å²) in [5, 5.41) is 8.72. The number of nitrogens with one attached hydrogen (secondary N) is 3. The van der Waals surface area contributed by atoms with E-state index >= 15 is 0 Å². The standard InChI is InChI=1S/C16H24FN5O2/c1-18-16(19-5-6-22-7-9-24-10-8-22)20-12-15(23)21-14-4-2-3-13(17)11-14/h2-4,11H,5-10,12H2,1H3,(H,21,23)(H2,18,19,20). The van der Waals surface area contributed by atoms with Crippen molar-refractivity contribution in [3.05, 3.63) is 30.1 Å². The van der Waals surface area contributed by atoms with Crippen LogP contribution in [0.1, 0.15) is 0 Å². The second-order valence-electron chi connectivity index (χ2n) is 5.37. The molecule has 0 spiro atoms. The maximum atomic E-state index is 13.1. The van der Waals surface area contributed by atoms with Crippen LogP contribution >= 0.6 is 0 Å². The maximum Gasteiger partial charge on any atom is 0.243 e. The van der Waals surface area contributed by atoms with Crippen LogP contribution in [0.2, 0.25) is 0 Å². The lowest BCUT2D eigenvalue weighted by Gasteiger charge is -2.26. The molecule has 0 aromatic heterocycles.